The quantitative estimate of drug-likeness (QED) is 0.768. The normalized spacial score (nSPS) is 17.4. The summed E-state index contributed by atoms with van der Waals surface area (Å²) in [6, 6.07) is 7.83. The zero-order valence-corrected chi connectivity index (χ0v) is 11.3. The van der Waals surface area contributed by atoms with E-state index in [1.54, 1.807) is 0 Å². The fourth-order valence-electron chi connectivity index (χ4n) is 2.00. The summed E-state index contributed by atoms with van der Waals surface area (Å²) in [5, 5.41) is 8.60. The Labute approximate surface area is 118 Å². The minimum Gasteiger partial charge on any atom is -0.335 e. The Morgan fingerprint density at radius 1 is 1.15 bits per heavy atom. The van der Waals surface area contributed by atoms with E-state index in [4.69, 9.17) is 0 Å². The molecule has 0 heterocycles. The van der Waals surface area contributed by atoms with Gasteiger partial charge in [0.25, 0.3) is 0 Å². The molecule has 3 amide bonds. The first-order valence-electron chi connectivity index (χ1n) is 7.15. The second kappa shape index (κ2) is 5.53. The van der Waals surface area contributed by atoms with Gasteiger partial charge >= 0.3 is 6.03 Å². The Hall–Kier alpha value is -2.04. The molecule has 0 atom stereocenters. The molecule has 5 heteroatoms. The molecule has 1 aromatic rings. The van der Waals surface area contributed by atoms with Crippen molar-refractivity contribution in [3.8, 4) is 0 Å². The van der Waals surface area contributed by atoms with Crippen molar-refractivity contribution in [3.63, 3.8) is 0 Å². The molecule has 0 aliphatic heterocycles. The average molecular weight is 273 g/mol. The summed E-state index contributed by atoms with van der Waals surface area (Å²) in [5.74, 6) is 0.294. The third kappa shape index (κ3) is 3.73. The second-order valence-electron chi connectivity index (χ2n) is 5.57. The van der Waals surface area contributed by atoms with E-state index in [0.717, 1.165) is 36.9 Å². The Bertz CT molecular complexity index is 522. The standard InChI is InChI=1S/C15H19N3O2/c19-14(11-4-5-11)17-13-3-1-2-10(8-13)9-16-15(20)18-12-6-7-12/h1-3,8,11-12H,4-7,9H2,(H,17,19)(H2,16,18,20). The van der Waals surface area contributed by atoms with Crippen molar-refractivity contribution < 1.29 is 9.59 Å². The van der Waals surface area contributed by atoms with E-state index in [2.05, 4.69) is 16.0 Å². The molecule has 106 valence electrons. The average Bonchev–Trinajstić information content (AvgIpc) is 3.29. The molecule has 5 nitrogen and oxygen atoms in total. The Kier molecular flexibility index (Phi) is 3.58. The Balaban J connectivity index is 1.50. The van der Waals surface area contributed by atoms with Crippen LogP contribution in [0.4, 0.5) is 10.5 Å². The van der Waals surface area contributed by atoms with Crippen molar-refractivity contribution in [1.82, 2.24) is 10.6 Å². The summed E-state index contributed by atoms with van der Waals surface area (Å²) in [6.45, 7) is 0.464. The van der Waals surface area contributed by atoms with E-state index >= 15 is 0 Å². The number of hydrogen-bond donors (Lipinski definition) is 3. The molecule has 1 aromatic carbocycles. The van der Waals surface area contributed by atoms with Crippen molar-refractivity contribution in [1.29, 1.82) is 0 Å². The van der Waals surface area contributed by atoms with Crippen LogP contribution in [0.1, 0.15) is 31.2 Å². The van der Waals surface area contributed by atoms with Crippen LogP contribution in [-0.4, -0.2) is 18.0 Å². The van der Waals surface area contributed by atoms with Gasteiger partial charge in [-0.25, -0.2) is 4.79 Å². The van der Waals surface area contributed by atoms with Crippen LogP contribution in [-0.2, 0) is 11.3 Å². The number of hydrogen-bond acceptors (Lipinski definition) is 2. The molecule has 0 aromatic heterocycles. The van der Waals surface area contributed by atoms with E-state index in [-0.39, 0.29) is 17.9 Å². The van der Waals surface area contributed by atoms with E-state index in [0.29, 0.717) is 12.6 Å². The maximum Gasteiger partial charge on any atom is 0.315 e. The van der Waals surface area contributed by atoms with Gasteiger partial charge in [0, 0.05) is 24.2 Å². The van der Waals surface area contributed by atoms with Gasteiger partial charge in [-0.05, 0) is 43.4 Å². The summed E-state index contributed by atoms with van der Waals surface area (Å²) >= 11 is 0. The number of anilines is 1. The smallest absolute Gasteiger partial charge is 0.315 e. The first-order chi connectivity index (χ1) is 9.70. The van der Waals surface area contributed by atoms with Crippen LogP contribution in [0.5, 0.6) is 0 Å². The van der Waals surface area contributed by atoms with Gasteiger partial charge in [0.15, 0.2) is 0 Å². The second-order valence-corrected chi connectivity index (χ2v) is 5.57. The minimum absolute atomic E-state index is 0.0987. The van der Waals surface area contributed by atoms with E-state index in [1.807, 2.05) is 24.3 Å². The first kappa shape index (κ1) is 13.0. The molecular weight excluding hydrogens is 254 g/mol. The van der Waals surface area contributed by atoms with Gasteiger partial charge in [-0.1, -0.05) is 12.1 Å². The molecule has 0 unspecified atom stereocenters. The highest BCUT2D eigenvalue weighted by Crippen LogP contribution is 2.30. The molecule has 2 saturated carbocycles. The highest BCUT2D eigenvalue weighted by molar-refractivity contribution is 5.94. The number of nitrogens with one attached hydrogen (secondary N) is 3. The molecule has 20 heavy (non-hydrogen) atoms. The van der Waals surface area contributed by atoms with Crippen molar-refractivity contribution in [2.24, 2.45) is 5.92 Å². The Morgan fingerprint density at radius 2 is 1.95 bits per heavy atom. The maximum atomic E-state index is 11.7. The van der Waals surface area contributed by atoms with Crippen molar-refractivity contribution in [2.45, 2.75) is 38.3 Å². The molecule has 3 rings (SSSR count). The van der Waals surface area contributed by atoms with Crippen molar-refractivity contribution in [2.75, 3.05) is 5.32 Å². The topological polar surface area (TPSA) is 70.2 Å². The summed E-state index contributed by atoms with van der Waals surface area (Å²) in [4.78, 5) is 23.2. The lowest BCUT2D eigenvalue weighted by molar-refractivity contribution is -0.117. The first-order valence-corrected chi connectivity index (χ1v) is 7.15. The summed E-state index contributed by atoms with van der Waals surface area (Å²) in [5.41, 5.74) is 1.77. The van der Waals surface area contributed by atoms with Gasteiger partial charge in [0.2, 0.25) is 5.91 Å². The van der Waals surface area contributed by atoms with Crippen molar-refractivity contribution >= 4 is 17.6 Å². The van der Waals surface area contributed by atoms with Crippen LogP contribution in [0.3, 0.4) is 0 Å². The maximum absolute atomic E-state index is 11.7. The van der Waals surface area contributed by atoms with Crippen LogP contribution in [0.15, 0.2) is 24.3 Å². The molecule has 0 spiro atoms. The highest BCUT2D eigenvalue weighted by atomic mass is 16.2. The summed E-state index contributed by atoms with van der Waals surface area (Å²) in [7, 11) is 0. The Morgan fingerprint density at radius 3 is 2.65 bits per heavy atom. The molecule has 2 aliphatic rings. The minimum atomic E-state index is -0.125. The number of rotatable bonds is 5. The zero-order chi connectivity index (χ0) is 13.9. The third-order valence-electron chi connectivity index (χ3n) is 3.51. The van der Waals surface area contributed by atoms with E-state index in [9.17, 15) is 9.59 Å². The summed E-state index contributed by atoms with van der Waals surface area (Å²) in [6.07, 6.45) is 4.15. The molecule has 0 saturated heterocycles. The van der Waals surface area contributed by atoms with Crippen LogP contribution in [0, 0.1) is 5.92 Å². The van der Waals surface area contributed by atoms with Gasteiger partial charge in [-0.2, -0.15) is 0 Å². The largest absolute Gasteiger partial charge is 0.335 e. The highest BCUT2D eigenvalue weighted by Gasteiger charge is 2.29. The number of amides is 3. The monoisotopic (exact) mass is 273 g/mol. The number of carbonyl (C=O) groups is 2. The lowest BCUT2D eigenvalue weighted by Gasteiger charge is -2.09. The lowest BCUT2D eigenvalue weighted by atomic mass is 10.2. The van der Waals surface area contributed by atoms with Gasteiger partial charge in [0.05, 0.1) is 0 Å². The van der Waals surface area contributed by atoms with E-state index in [1.165, 1.54) is 0 Å². The van der Waals surface area contributed by atoms with Crippen LogP contribution in [0.2, 0.25) is 0 Å². The molecular formula is C15H19N3O2. The SMILES string of the molecule is O=C(NCc1cccc(NC(=O)C2CC2)c1)NC1CC1. The van der Waals surface area contributed by atoms with Gasteiger partial charge in [-0.3, -0.25) is 4.79 Å². The third-order valence-corrected chi connectivity index (χ3v) is 3.51. The molecule has 2 aliphatic carbocycles. The molecule has 0 bridgehead atoms. The summed E-state index contributed by atoms with van der Waals surface area (Å²) < 4.78 is 0. The van der Waals surface area contributed by atoms with Crippen LogP contribution < -0.4 is 16.0 Å². The predicted octanol–water partition coefficient (Wildman–Crippen LogP) is 2.00. The lowest BCUT2D eigenvalue weighted by Crippen LogP contribution is -2.36. The molecule has 3 N–H and O–H groups in total. The van der Waals surface area contributed by atoms with Crippen LogP contribution >= 0.6 is 0 Å². The number of carbonyl (C=O) groups excluding carboxylic acids is 2. The number of urea groups is 1. The number of benzene rings is 1. The molecule has 0 radical (unpaired) electrons. The van der Waals surface area contributed by atoms with Gasteiger partial charge < -0.3 is 16.0 Å². The predicted molar refractivity (Wildman–Crippen MR) is 76.2 cm³/mol. The van der Waals surface area contributed by atoms with Crippen molar-refractivity contribution in [3.05, 3.63) is 29.8 Å². The van der Waals surface area contributed by atoms with Crippen LogP contribution in [0.25, 0.3) is 0 Å². The fraction of sp³-hybridized carbons (Fsp3) is 0.467. The fourth-order valence-corrected chi connectivity index (χ4v) is 2.00. The van der Waals surface area contributed by atoms with E-state index < -0.39 is 0 Å². The zero-order valence-electron chi connectivity index (χ0n) is 11.3. The van der Waals surface area contributed by atoms with Gasteiger partial charge in [-0.15, -0.1) is 0 Å². The van der Waals surface area contributed by atoms with Gasteiger partial charge in [0.1, 0.15) is 0 Å². The molecule has 2 fully saturated rings.